The Hall–Kier alpha value is -5.93. The lowest BCUT2D eigenvalue weighted by Crippen LogP contribution is -2.24. The lowest BCUT2D eigenvalue weighted by Gasteiger charge is -2.21. The van der Waals surface area contributed by atoms with Crippen molar-refractivity contribution < 1.29 is 9.47 Å². The summed E-state index contributed by atoms with van der Waals surface area (Å²) >= 11 is 5.53. The van der Waals surface area contributed by atoms with Gasteiger partial charge in [0.2, 0.25) is 0 Å². The smallest absolute Gasteiger partial charge is 0.276 e. The zero-order valence-electron chi connectivity index (χ0n) is 36.6. The molecule has 0 aliphatic carbocycles. The highest BCUT2D eigenvalue weighted by Gasteiger charge is 2.34. The van der Waals surface area contributed by atoms with Gasteiger partial charge in [0.25, 0.3) is 11.1 Å². The fourth-order valence-corrected chi connectivity index (χ4v) is 9.39. The number of allylic oxidation sites excluding steroid dienone is 1. The number of hydrogen-bond acceptors (Lipinski definition) is 14. The standard InChI is InChI=1S/C22H26N8O2.C15H21N5O2.C7H8ClN3.CH4/c1-14-10-28(11-16-12-29-19(25-16)3-2-6-24-29)13-17(14)20-26-22(31)18-9-23-21(30(18)27-20)15-4-7-32-8-5-15;1-9-6-16-7-11(9)13-18-15(21)12-8-17-14(20(12)19-13)10-2-4-22-5-3-10;8-4-6-5-10-7(11-6)2-1-3-9;/h2-3,6,9,12,14-15,17H,4-5,7-8,10-11,13H2,1H3,(H,26,27,31);8-11,16H,2-7H2,1H3,(H,18,19,21);1-3,5,9H,4H2,(H,10,11);1H4/b;;2-1-,9-3?;. The summed E-state index contributed by atoms with van der Waals surface area (Å²) in [5, 5.41) is 24.0. The maximum Gasteiger partial charge on any atom is 0.276 e. The van der Waals surface area contributed by atoms with Crippen LogP contribution >= 0.6 is 11.6 Å². The first-order valence-corrected chi connectivity index (χ1v) is 22.9. The molecule has 0 saturated carbocycles. The number of nitrogens with one attached hydrogen (secondary N) is 5. The van der Waals surface area contributed by atoms with Gasteiger partial charge in [-0.05, 0) is 68.3 Å². The Labute approximate surface area is 386 Å². The Morgan fingerprint density at radius 3 is 2.02 bits per heavy atom. The zero-order chi connectivity index (χ0) is 44.9. The van der Waals surface area contributed by atoms with Crippen LogP contribution in [0.2, 0.25) is 0 Å². The molecule has 4 atom stereocenters. The fourth-order valence-electron chi connectivity index (χ4n) is 9.25. The molecule has 4 fully saturated rings. The molecule has 7 aromatic rings. The van der Waals surface area contributed by atoms with Crippen LogP contribution in [-0.2, 0) is 21.9 Å². The first-order valence-electron chi connectivity index (χ1n) is 22.4. The number of H-pyrrole nitrogens is 3. The van der Waals surface area contributed by atoms with E-state index in [1.165, 1.54) is 6.21 Å². The molecule has 0 amide bonds. The highest BCUT2D eigenvalue weighted by molar-refractivity contribution is 6.16. The van der Waals surface area contributed by atoms with Gasteiger partial charge >= 0.3 is 0 Å². The van der Waals surface area contributed by atoms with E-state index in [4.69, 9.17) is 36.7 Å². The van der Waals surface area contributed by atoms with Gasteiger partial charge in [0.05, 0.1) is 30.2 Å². The largest absolute Gasteiger partial charge is 0.381 e. The lowest BCUT2D eigenvalue weighted by molar-refractivity contribution is 0.0831. The highest BCUT2D eigenvalue weighted by Crippen LogP contribution is 2.32. The van der Waals surface area contributed by atoms with Gasteiger partial charge in [0, 0.05) is 101 Å². The molecule has 350 valence electrons. The zero-order valence-corrected chi connectivity index (χ0v) is 37.3. The van der Waals surface area contributed by atoms with Crippen molar-refractivity contribution in [2.75, 3.05) is 52.6 Å². The third kappa shape index (κ3) is 10.2. The van der Waals surface area contributed by atoms with Crippen molar-refractivity contribution in [1.82, 2.24) is 73.9 Å². The second-order valence-electron chi connectivity index (χ2n) is 17.3. The number of nitrogens with zero attached hydrogens (tertiary/aromatic N) is 11. The van der Waals surface area contributed by atoms with Gasteiger partial charge in [-0.1, -0.05) is 21.3 Å². The lowest BCUT2D eigenvalue weighted by atomic mass is 9.97. The van der Waals surface area contributed by atoms with Crippen LogP contribution in [0.1, 0.15) is 111 Å². The minimum Gasteiger partial charge on any atom is -0.381 e. The maximum absolute atomic E-state index is 12.8. The summed E-state index contributed by atoms with van der Waals surface area (Å²) in [5.74, 6) is 6.24. The van der Waals surface area contributed by atoms with E-state index >= 15 is 0 Å². The highest BCUT2D eigenvalue weighted by atomic mass is 35.5. The number of aromatic amines is 3. The van der Waals surface area contributed by atoms with E-state index < -0.39 is 0 Å². The molecule has 0 aromatic carbocycles. The van der Waals surface area contributed by atoms with Crippen LogP contribution in [-0.4, -0.2) is 127 Å². The van der Waals surface area contributed by atoms with Crippen LogP contribution in [0.3, 0.4) is 0 Å². The van der Waals surface area contributed by atoms with Crippen molar-refractivity contribution in [1.29, 1.82) is 5.41 Å². The van der Waals surface area contributed by atoms with Crippen molar-refractivity contribution in [3.05, 3.63) is 110 Å². The molecule has 20 nitrogen and oxygen atoms in total. The molecule has 11 heterocycles. The van der Waals surface area contributed by atoms with Crippen molar-refractivity contribution in [2.24, 2.45) is 11.8 Å². The maximum atomic E-state index is 12.8. The summed E-state index contributed by atoms with van der Waals surface area (Å²) in [5.41, 5.74) is 3.54. The van der Waals surface area contributed by atoms with E-state index in [1.807, 2.05) is 18.3 Å². The summed E-state index contributed by atoms with van der Waals surface area (Å²) in [6.45, 7) is 11.7. The third-order valence-corrected chi connectivity index (χ3v) is 13.1. The van der Waals surface area contributed by atoms with Crippen LogP contribution in [0, 0.1) is 17.2 Å². The van der Waals surface area contributed by atoms with Gasteiger partial charge in [-0.3, -0.25) is 14.5 Å². The van der Waals surface area contributed by atoms with Gasteiger partial charge in [-0.2, -0.15) is 15.3 Å². The topological polar surface area (TPSA) is 243 Å². The first kappa shape index (κ1) is 46.6. The summed E-state index contributed by atoms with van der Waals surface area (Å²) in [6.07, 6.45) is 16.9. The molecule has 5 N–H and O–H groups in total. The molecule has 4 unspecified atom stereocenters. The average Bonchev–Trinajstić information content (AvgIpc) is 4.20. The predicted molar refractivity (Wildman–Crippen MR) is 250 cm³/mol. The Morgan fingerprint density at radius 1 is 0.818 bits per heavy atom. The Balaban J connectivity index is 0.000000151. The SMILES string of the molecule is C.CC1CN(Cc2cn3ncccc3n2)CC1c1nn2c(C3CCOCC3)ncc2c(=O)[nH]1.CC1CNCC1c1nn2c(C3CCOCC3)ncc2c(=O)[nH]1.N=C/C=C\c1ncc(CCl)[nH]1. The van der Waals surface area contributed by atoms with Crippen molar-refractivity contribution in [2.45, 2.75) is 83.1 Å². The minimum atomic E-state index is -0.127. The number of ether oxygens (including phenoxy) is 2. The number of likely N-dealkylation sites (tertiary alicyclic amines) is 1. The number of fused-ring (bicyclic) bond motifs is 3. The minimum absolute atomic E-state index is 0. The molecule has 4 aliphatic rings. The molecular formula is C45H59ClN16O4. The summed E-state index contributed by atoms with van der Waals surface area (Å²) < 4.78 is 16.2. The van der Waals surface area contributed by atoms with Gasteiger partial charge in [0.1, 0.15) is 29.1 Å². The van der Waals surface area contributed by atoms with E-state index in [1.54, 1.807) is 50.5 Å². The van der Waals surface area contributed by atoms with Gasteiger partial charge in [-0.25, -0.2) is 33.5 Å². The molecule has 66 heavy (non-hydrogen) atoms. The Kier molecular flexibility index (Phi) is 14.9. The van der Waals surface area contributed by atoms with E-state index in [0.29, 0.717) is 34.7 Å². The van der Waals surface area contributed by atoms with E-state index in [0.717, 1.165) is 131 Å². The summed E-state index contributed by atoms with van der Waals surface area (Å²) in [7, 11) is 0. The molecule has 4 saturated heterocycles. The van der Waals surface area contributed by atoms with Crippen LogP contribution in [0.4, 0.5) is 0 Å². The van der Waals surface area contributed by atoms with Gasteiger partial charge in [0.15, 0.2) is 16.7 Å². The molecule has 11 rings (SSSR count). The van der Waals surface area contributed by atoms with Crippen LogP contribution in [0.5, 0.6) is 0 Å². The number of halogens is 1. The number of alkyl halides is 1. The average molecular weight is 924 g/mol. The first-order chi connectivity index (χ1) is 31.8. The van der Waals surface area contributed by atoms with Crippen molar-refractivity contribution in [3.8, 4) is 0 Å². The number of rotatable bonds is 9. The van der Waals surface area contributed by atoms with E-state index in [2.05, 4.69) is 64.1 Å². The van der Waals surface area contributed by atoms with E-state index in [-0.39, 0.29) is 36.3 Å². The molecule has 7 aromatic heterocycles. The fraction of sp³-hybridized carbons (Fsp3) is 0.511. The molecule has 21 heteroatoms. The van der Waals surface area contributed by atoms with Crippen molar-refractivity contribution >= 4 is 40.6 Å². The Morgan fingerprint density at radius 2 is 1.45 bits per heavy atom. The monoisotopic (exact) mass is 922 g/mol. The number of aromatic nitrogens is 13. The van der Waals surface area contributed by atoms with E-state index in [9.17, 15) is 9.59 Å². The normalized spacial score (nSPS) is 21.8. The number of imidazole rings is 4. The van der Waals surface area contributed by atoms with Gasteiger partial charge in [-0.15, -0.1) is 11.6 Å². The second kappa shape index (κ2) is 21.1. The second-order valence-corrected chi connectivity index (χ2v) is 17.6. The molecule has 0 bridgehead atoms. The summed E-state index contributed by atoms with van der Waals surface area (Å²) in [4.78, 5) is 54.2. The molecular weight excluding hydrogens is 864 g/mol. The van der Waals surface area contributed by atoms with Crippen LogP contribution < -0.4 is 16.4 Å². The number of hydrogen-bond donors (Lipinski definition) is 5. The third-order valence-electron chi connectivity index (χ3n) is 12.8. The summed E-state index contributed by atoms with van der Waals surface area (Å²) in [6, 6.07) is 3.85. The molecule has 0 radical (unpaired) electrons. The van der Waals surface area contributed by atoms with Crippen LogP contribution in [0.15, 0.2) is 58.8 Å². The van der Waals surface area contributed by atoms with Crippen molar-refractivity contribution in [3.63, 3.8) is 0 Å². The Bertz CT molecular complexity index is 2830. The quantitative estimate of drug-likeness (QED) is 0.0978. The molecule has 4 aliphatic heterocycles. The van der Waals surface area contributed by atoms with Gasteiger partial charge < -0.3 is 35.2 Å². The molecule has 0 spiro atoms. The van der Waals surface area contributed by atoms with Crippen LogP contribution in [0.25, 0.3) is 22.8 Å². The predicted octanol–water partition coefficient (Wildman–Crippen LogP) is 4.67.